The van der Waals surface area contributed by atoms with Crippen LogP contribution in [0.25, 0.3) is 0 Å². The Labute approximate surface area is 125 Å². The number of carbonyl (C=O) groups excluding carboxylic acids is 1. The third-order valence-corrected chi connectivity index (χ3v) is 3.76. The number of hydrogen-bond donors (Lipinski definition) is 0. The van der Waals surface area contributed by atoms with Gasteiger partial charge in [-0.2, -0.15) is 0 Å². The Balaban J connectivity index is 2.08. The molecular formula is C14H15ClF3NO2. The van der Waals surface area contributed by atoms with Crippen LogP contribution in [0.2, 0.25) is 0 Å². The SMILES string of the molecule is O=C(c1ccc(OC(F)(F)F)cc1)N1CCCCC1CCl. The predicted octanol–water partition coefficient (Wildman–Crippen LogP) is 3.82. The van der Waals surface area contributed by atoms with E-state index < -0.39 is 6.36 Å². The lowest BCUT2D eigenvalue weighted by atomic mass is 10.0. The minimum absolute atomic E-state index is 0.0148. The average molecular weight is 322 g/mol. The summed E-state index contributed by atoms with van der Waals surface area (Å²) in [5.41, 5.74) is 0.335. The van der Waals surface area contributed by atoms with Gasteiger partial charge in [0.15, 0.2) is 0 Å². The van der Waals surface area contributed by atoms with E-state index in [1.807, 2.05) is 0 Å². The van der Waals surface area contributed by atoms with E-state index in [1.165, 1.54) is 12.1 Å². The van der Waals surface area contributed by atoms with E-state index in [4.69, 9.17) is 11.6 Å². The zero-order chi connectivity index (χ0) is 15.5. The fourth-order valence-electron chi connectivity index (χ4n) is 2.39. The molecule has 1 aromatic carbocycles. The van der Waals surface area contributed by atoms with Crippen LogP contribution in [0.1, 0.15) is 29.6 Å². The van der Waals surface area contributed by atoms with Gasteiger partial charge in [-0.3, -0.25) is 4.79 Å². The van der Waals surface area contributed by atoms with Crippen LogP contribution in [0.3, 0.4) is 0 Å². The van der Waals surface area contributed by atoms with Crippen LogP contribution >= 0.6 is 11.6 Å². The summed E-state index contributed by atoms with van der Waals surface area (Å²) in [5.74, 6) is -0.188. The number of ether oxygens (including phenoxy) is 1. The molecule has 0 saturated carbocycles. The topological polar surface area (TPSA) is 29.5 Å². The highest BCUT2D eigenvalue weighted by atomic mass is 35.5. The van der Waals surface area contributed by atoms with Crippen LogP contribution in [0.15, 0.2) is 24.3 Å². The number of halogens is 4. The van der Waals surface area contributed by atoms with Crippen molar-refractivity contribution in [3.05, 3.63) is 29.8 Å². The predicted molar refractivity (Wildman–Crippen MR) is 72.5 cm³/mol. The number of carbonyl (C=O) groups is 1. The Morgan fingerprint density at radius 2 is 1.95 bits per heavy atom. The average Bonchev–Trinajstić information content (AvgIpc) is 2.45. The second-order valence-electron chi connectivity index (χ2n) is 4.87. The molecule has 1 aliphatic rings. The first kappa shape index (κ1) is 15.9. The molecule has 1 aliphatic heterocycles. The van der Waals surface area contributed by atoms with Crippen LogP contribution in [0, 0.1) is 0 Å². The van der Waals surface area contributed by atoms with Crippen molar-refractivity contribution >= 4 is 17.5 Å². The summed E-state index contributed by atoms with van der Waals surface area (Å²) in [5, 5.41) is 0. The molecule has 3 nitrogen and oxygen atoms in total. The number of piperidine rings is 1. The van der Waals surface area contributed by atoms with E-state index in [1.54, 1.807) is 4.90 Å². The summed E-state index contributed by atoms with van der Waals surface area (Å²) in [7, 11) is 0. The Morgan fingerprint density at radius 1 is 1.29 bits per heavy atom. The largest absolute Gasteiger partial charge is 0.573 e. The molecule has 0 aromatic heterocycles. The van der Waals surface area contributed by atoms with E-state index in [0.29, 0.717) is 18.0 Å². The second kappa shape index (κ2) is 6.56. The third kappa shape index (κ3) is 4.27. The van der Waals surface area contributed by atoms with Gasteiger partial charge >= 0.3 is 6.36 Å². The van der Waals surface area contributed by atoms with Crippen molar-refractivity contribution < 1.29 is 22.7 Å². The lowest BCUT2D eigenvalue weighted by Gasteiger charge is -2.34. The van der Waals surface area contributed by atoms with Crippen LogP contribution in [0.4, 0.5) is 13.2 Å². The number of benzene rings is 1. The Bertz CT molecular complexity index is 490. The van der Waals surface area contributed by atoms with Crippen molar-refractivity contribution in [3.8, 4) is 5.75 Å². The van der Waals surface area contributed by atoms with Gasteiger partial charge in [-0.15, -0.1) is 24.8 Å². The lowest BCUT2D eigenvalue weighted by Crippen LogP contribution is -2.44. The smallest absolute Gasteiger partial charge is 0.406 e. The summed E-state index contributed by atoms with van der Waals surface area (Å²) in [6, 6.07) is 4.94. The molecule has 1 atom stereocenters. The van der Waals surface area contributed by atoms with Gasteiger partial charge in [-0.1, -0.05) is 0 Å². The maximum absolute atomic E-state index is 12.4. The van der Waals surface area contributed by atoms with Crippen LogP contribution in [-0.4, -0.2) is 35.6 Å². The zero-order valence-corrected chi connectivity index (χ0v) is 12.0. The molecule has 0 radical (unpaired) electrons. The number of nitrogens with zero attached hydrogens (tertiary/aromatic N) is 1. The summed E-state index contributed by atoms with van der Waals surface area (Å²) < 4.78 is 40.0. The summed E-state index contributed by atoms with van der Waals surface area (Å²) in [6.07, 6.45) is -1.94. The quantitative estimate of drug-likeness (QED) is 0.792. The zero-order valence-electron chi connectivity index (χ0n) is 11.2. The minimum Gasteiger partial charge on any atom is -0.406 e. The molecule has 1 unspecified atom stereocenters. The van der Waals surface area contributed by atoms with Gasteiger partial charge in [0.2, 0.25) is 0 Å². The third-order valence-electron chi connectivity index (χ3n) is 3.40. The molecule has 1 aromatic rings. The molecule has 21 heavy (non-hydrogen) atoms. The highest BCUT2D eigenvalue weighted by Crippen LogP contribution is 2.24. The summed E-state index contributed by atoms with van der Waals surface area (Å²) in [4.78, 5) is 14.1. The normalized spacial score (nSPS) is 19.4. The first-order valence-electron chi connectivity index (χ1n) is 6.63. The summed E-state index contributed by atoms with van der Waals surface area (Å²) in [6.45, 7) is 0.622. The Hall–Kier alpha value is -1.43. The minimum atomic E-state index is -4.73. The number of alkyl halides is 4. The molecule has 1 heterocycles. The van der Waals surface area contributed by atoms with Crippen molar-refractivity contribution in [2.24, 2.45) is 0 Å². The van der Waals surface area contributed by atoms with E-state index in [2.05, 4.69) is 4.74 Å². The molecular weight excluding hydrogens is 307 g/mol. The standard InChI is InChI=1S/C14H15ClF3NO2/c15-9-11-3-1-2-8-19(11)13(20)10-4-6-12(7-5-10)21-14(16,17)18/h4-7,11H,1-3,8-9H2. The van der Waals surface area contributed by atoms with Crippen molar-refractivity contribution in [2.75, 3.05) is 12.4 Å². The fourth-order valence-corrected chi connectivity index (χ4v) is 2.71. The first-order chi connectivity index (χ1) is 9.90. The van der Waals surface area contributed by atoms with Crippen molar-refractivity contribution in [3.63, 3.8) is 0 Å². The van der Waals surface area contributed by atoms with Gasteiger partial charge in [0, 0.05) is 24.0 Å². The molecule has 1 saturated heterocycles. The van der Waals surface area contributed by atoms with E-state index in [0.717, 1.165) is 31.4 Å². The molecule has 1 fully saturated rings. The van der Waals surface area contributed by atoms with Gasteiger partial charge < -0.3 is 9.64 Å². The second-order valence-corrected chi connectivity index (χ2v) is 5.18. The van der Waals surface area contributed by atoms with E-state index in [-0.39, 0.29) is 17.7 Å². The van der Waals surface area contributed by atoms with Gasteiger partial charge in [0.1, 0.15) is 5.75 Å². The number of likely N-dealkylation sites (tertiary alicyclic amines) is 1. The Kier molecular flexibility index (Phi) is 4.98. The number of hydrogen-bond acceptors (Lipinski definition) is 2. The van der Waals surface area contributed by atoms with Crippen LogP contribution in [0.5, 0.6) is 5.75 Å². The monoisotopic (exact) mass is 321 g/mol. The molecule has 0 bridgehead atoms. The van der Waals surface area contributed by atoms with Gasteiger partial charge in [-0.25, -0.2) is 0 Å². The highest BCUT2D eigenvalue weighted by Gasteiger charge is 2.31. The summed E-state index contributed by atoms with van der Waals surface area (Å²) >= 11 is 5.87. The maximum atomic E-state index is 12.4. The van der Waals surface area contributed by atoms with Gasteiger partial charge in [0.25, 0.3) is 5.91 Å². The maximum Gasteiger partial charge on any atom is 0.573 e. The van der Waals surface area contributed by atoms with Crippen molar-refractivity contribution in [1.82, 2.24) is 4.90 Å². The van der Waals surface area contributed by atoms with Crippen molar-refractivity contribution in [1.29, 1.82) is 0 Å². The van der Waals surface area contributed by atoms with E-state index >= 15 is 0 Å². The van der Waals surface area contributed by atoms with E-state index in [9.17, 15) is 18.0 Å². The van der Waals surface area contributed by atoms with Gasteiger partial charge in [-0.05, 0) is 43.5 Å². The molecule has 116 valence electrons. The molecule has 7 heteroatoms. The van der Waals surface area contributed by atoms with Gasteiger partial charge in [0.05, 0.1) is 0 Å². The van der Waals surface area contributed by atoms with Crippen LogP contribution in [-0.2, 0) is 0 Å². The highest BCUT2D eigenvalue weighted by molar-refractivity contribution is 6.18. The molecule has 0 N–H and O–H groups in total. The Morgan fingerprint density at radius 3 is 2.52 bits per heavy atom. The molecule has 0 spiro atoms. The first-order valence-corrected chi connectivity index (χ1v) is 7.17. The fraction of sp³-hybridized carbons (Fsp3) is 0.500. The number of amides is 1. The molecule has 0 aliphatic carbocycles. The number of rotatable bonds is 3. The molecule has 2 rings (SSSR count). The van der Waals surface area contributed by atoms with Crippen molar-refractivity contribution in [2.45, 2.75) is 31.7 Å². The van der Waals surface area contributed by atoms with Crippen LogP contribution < -0.4 is 4.74 Å². The lowest BCUT2D eigenvalue weighted by molar-refractivity contribution is -0.274. The molecule has 1 amide bonds.